The van der Waals surface area contributed by atoms with Crippen molar-refractivity contribution in [3.05, 3.63) is 139 Å². The third kappa shape index (κ3) is 3.71. The third-order valence-corrected chi connectivity index (χ3v) is 10.3. The molecule has 1 aliphatic rings. The molecule has 208 valence electrons. The van der Waals surface area contributed by atoms with Crippen LogP contribution in [0, 0.1) is 0 Å². The van der Waals surface area contributed by atoms with E-state index in [4.69, 9.17) is 15.0 Å². The van der Waals surface area contributed by atoms with Crippen molar-refractivity contribution in [2.24, 2.45) is 0 Å². The maximum atomic E-state index is 5.22. The first kappa shape index (κ1) is 25.3. The molecule has 0 N–H and O–H groups in total. The highest BCUT2D eigenvalue weighted by Crippen LogP contribution is 2.53. The Balaban J connectivity index is 1.31. The summed E-state index contributed by atoms with van der Waals surface area (Å²) in [6.07, 6.45) is 0. The van der Waals surface area contributed by atoms with E-state index in [-0.39, 0.29) is 5.41 Å². The van der Waals surface area contributed by atoms with Gasteiger partial charge in [-0.1, -0.05) is 123 Å². The molecule has 6 aromatic carbocycles. The van der Waals surface area contributed by atoms with Gasteiger partial charge < -0.3 is 0 Å². The SMILES string of the molecule is CC1(C)c2ccccc2-c2c1cc(-c1nc(-c3ccccc3)nc(-c3ccc4c(c3)sc3ccccc34)n1)c1ccccc21. The van der Waals surface area contributed by atoms with Crippen LogP contribution in [0.2, 0.25) is 0 Å². The molecule has 3 nitrogen and oxygen atoms in total. The molecular weight excluding hydrogens is 555 g/mol. The second-order valence-electron chi connectivity index (χ2n) is 12.0. The van der Waals surface area contributed by atoms with E-state index in [0.29, 0.717) is 17.5 Å². The summed E-state index contributed by atoms with van der Waals surface area (Å²) in [6.45, 7) is 4.65. The maximum absolute atomic E-state index is 5.22. The van der Waals surface area contributed by atoms with Crippen molar-refractivity contribution in [1.29, 1.82) is 0 Å². The van der Waals surface area contributed by atoms with Gasteiger partial charge in [0.1, 0.15) is 0 Å². The number of benzene rings is 6. The molecule has 1 aliphatic carbocycles. The molecule has 9 rings (SSSR count). The predicted molar refractivity (Wildman–Crippen MR) is 184 cm³/mol. The number of hydrogen-bond acceptors (Lipinski definition) is 4. The molecule has 4 heteroatoms. The average molecular weight is 582 g/mol. The molecule has 0 spiro atoms. The zero-order chi connectivity index (χ0) is 29.4. The van der Waals surface area contributed by atoms with E-state index in [1.54, 1.807) is 0 Å². The van der Waals surface area contributed by atoms with Crippen LogP contribution in [0.25, 0.3) is 76.2 Å². The van der Waals surface area contributed by atoms with Crippen LogP contribution in [0.15, 0.2) is 127 Å². The normalized spacial score (nSPS) is 13.4. The van der Waals surface area contributed by atoms with Crippen LogP contribution in [-0.2, 0) is 5.41 Å². The summed E-state index contributed by atoms with van der Waals surface area (Å²) in [5.74, 6) is 2.05. The Hall–Kier alpha value is -5.19. The number of rotatable bonds is 3. The molecule has 0 bridgehead atoms. The summed E-state index contributed by atoms with van der Waals surface area (Å²) in [7, 11) is 0. The first-order valence-electron chi connectivity index (χ1n) is 15.0. The molecule has 8 aromatic rings. The summed E-state index contributed by atoms with van der Waals surface area (Å²) in [4.78, 5) is 15.4. The first-order chi connectivity index (χ1) is 21.6. The standard InChI is InChI=1S/C40H27N3S/c1-40(2)32-18-10-8-17-30(32)36-29-16-7-6-14-26(29)31(23-33(36)40)39-42-37(24-12-4-3-5-13-24)41-38(43-39)25-20-21-28-27-15-9-11-19-34(27)44-35(28)22-25/h3-23H,1-2H3. The zero-order valence-electron chi connectivity index (χ0n) is 24.4. The van der Waals surface area contributed by atoms with Crippen LogP contribution in [0.1, 0.15) is 25.0 Å². The van der Waals surface area contributed by atoms with Crippen molar-refractivity contribution in [2.75, 3.05) is 0 Å². The van der Waals surface area contributed by atoms with Gasteiger partial charge in [-0.3, -0.25) is 0 Å². The van der Waals surface area contributed by atoms with Crippen molar-refractivity contribution < 1.29 is 0 Å². The Labute approximate surface area is 259 Å². The van der Waals surface area contributed by atoms with Crippen molar-refractivity contribution >= 4 is 42.3 Å². The van der Waals surface area contributed by atoms with E-state index in [0.717, 1.165) is 22.1 Å². The number of nitrogens with zero attached hydrogens (tertiary/aromatic N) is 3. The summed E-state index contributed by atoms with van der Waals surface area (Å²) in [5.41, 5.74) is 8.14. The number of aromatic nitrogens is 3. The molecule has 0 fully saturated rings. The maximum Gasteiger partial charge on any atom is 0.164 e. The van der Waals surface area contributed by atoms with Crippen molar-refractivity contribution in [1.82, 2.24) is 15.0 Å². The van der Waals surface area contributed by atoms with E-state index >= 15 is 0 Å². The van der Waals surface area contributed by atoms with E-state index in [1.807, 2.05) is 29.5 Å². The minimum atomic E-state index is -0.144. The Kier molecular flexibility index (Phi) is 5.41. The van der Waals surface area contributed by atoms with Crippen LogP contribution >= 0.6 is 11.3 Å². The Morgan fingerprint density at radius 1 is 0.455 bits per heavy atom. The lowest BCUT2D eigenvalue weighted by Gasteiger charge is -2.22. The van der Waals surface area contributed by atoms with Gasteiger partial charge in [0.15, 0.2) is 17.5 Å². The van der Waals surface area contributed by atoms with Gasteiger partial charge in [-0.25, -0.2) is 15.0 Å². The number of hydrogen-bond donors (Lipinski definition) is 0. The molecule has 2 aromatic heterocycles. The quantitative estimate of drug-likeness (QED) is 0.208. The van der Waals surface area contributed by atoms with E-state index in [1.165, 1.54) is 47.8 Å². The van der Waals surface area contributed by atoms with Crippen molar-refractivity contribution in [2.45, 2.75) is 19.3 Å². The Morgan fingerprint density at radius 2 is 1.09 bits per heavy atom. The minimum Gasteiger partial charge on any atom is -0.208 e. The van der Waals surface area contributed by atoms with Crippen LogP contribution in [0.3, 0.4) is 0 Å². The Morgan fingerprint density at radius 3 is 1.93 bits per heavy atom. The first-order valence-corrected chi connectivity index (χ1v) is 15.8. The Bertz CT molecular complexity index is 2420. The molecule has 44 heavy (non-hydrogen) atoms. The van der Waals surface area contributed by atoms with E-state index in [2.05, 4.69) is 123 Å². The van der Waals surface area contributed by atoms with Gasteiger partial charge in [0, 0.05) is 42.3 Å². The average Bonchev–Trinajstić information content (AvgIpc) is 3.56. The van der Waals surface area contributed by atoms with Gasteiger partial charge in [0.2, 0.25) is 0 Å². The summed E-state index contributed by atoms with van der Waals surface area (Å²) in [6, 6.07) is 45.2. The fraction of sp³-hybridized carbons (Fsp3) is 0.0750. The molecule has 0 saturated heterocycles. The number of fused-ring (bicyclic) bond motifs is 8. The molecule has 0 aliphatic heterocycles. The van der Waals surface area contributed by atoms with Crippen molar-refractivity contribution in [3.63, 3.8) is 0 Å². The van der Waals surface area contributed by atoms with Gasteiger partial charge in [0.05, 0.1) is 0 Å². The molecule has 2 heterocycles. The van der Waals surface area contributed by atoms with Gasteiger partial charge in [-0.15, -0.1) is 11.3 Å². The van der Waals surface area contributed by atoms with Crippen LogP contribution in [0.5, 0.6) is 0 Å². The van der Waals surface area contributed by atoms with Crippen LogP contribution < -0.4 is 0 Å². The second-order valence-corrected chi connectivity index (χ2v) is 13.1. The lowest BCUT2D eigenvalue weighted by molar-refractivity contribution is 0.661. The largest absolute Gasteiger partial charge is 0.208 e. The predicted octanol–water partition coefficient (Wildman–Crippen LogP) is 10.7. The van der Waals surface area contributed by atoms with E-state index in [9.17, 15) is 0 Å². The summed E-state index contributed by atoms with van der Waals surface area (Å²) < 4.78 is 2.52. The summed E-state index contributed by atoms with van der Waals surface area (Å²) in [5, 5.41) is 4.93. The summed E-state index contributed by atoms with van der Waals surface area (Å²) >= 11 is 1.81. The minimum absolute atomic E-state index is 0.144. The fourth-order valence-corrected chi connectivity index (χ4v) is 8.09. The van der Waals surface area contributed by atoms with Crippen molar-refractivity contribution in [3.8, 4) is 45.3 Å². The van der Waals surface area contributed by atoms with Gasteiger partial charge in [0.25, 0.3) is 0 Å². The molecule has 0 atom stereocenters. The highest BCUT2D eigenvalue weighted by atomic mass is 32.1. The van der Waals surface area contributed by atoms with Crippen LogP contribution in [-0.4, -0.2) is 15.0 Å². The van der Waals surface area contributed by atoms with Gasteiger partial charge in [-0.2, -0.15) is 0 Å². The molecular formula is C40H27N3S. The third-order valence-electron chi connectivity index (χ3n) is 9.13. The topological polar surface area (TPSA) is 38.7 Å². The molecule has 0 amide bonds. The lowest BCUT2D eigenvalue weighted by atomic mass is 9.81. The highest BCUT2D eigenvalue weighted by Gasteiger charge is 2.37. The second kappa shape index (κ2) is 9.40. The van der Waals surface area contributed by atoms with E-state index < -0.39 is 0 Å². The molecule has 0 saturated carbocycles. The van der Waals surface area contributed by atoms with Gasteiger partial charge in [-0.05, 0) is 51.2 Å². The molecule has 0 radical (unpaired) electrons. The van der Waals surface area contributed by atoms with Crippen LogP contribution in [0.4, 0.5) is 0 Å². The zero-order valence-corrected chi connectivity index (χ0v) is 25.2. The highest BCUT2D eigenvalue weighted by molar-refractivity contribution is 7.25. The monoisotopic (exact) mass is 581 g/mol. The number of thiophene rings is 1. The van der Waals surface area contributed by atoms with Gasteiger partial charge >= 0.3 is 0 Å². The lowest BCUT2D eigenvalue weighted by Crippen LogP contribution is -2.15. The fourth-order valence-electron chi connectivity index (χ4n) is 6.94. The smallest absolute Gasteiger partial charge is 0.164 e. The molecule has 0 unspecified atom stereocenters.